The lowest BCUT2D eigenvalue weighted by atomic mass is 9.90. The first-order valence-corrected chi connectivity index (χ1v) is 6.24. The van der Waals surface area contributed by atoms with Gasteiger partial charge in [0.25, 0.3) is 0 Å². The van der Waals surface area contributed by atoms with Gasteiger partial charge in [0.1, 0.15) is 5.75 Å². The molecular weight excluding hydrogens is 230 g/mol. The van der Waals surface area contributed by atoms with E-state index in [2.05, 4.69) is 16.0 Å². The van der Waals surface area contributed by atoms with Crippen molar-refractivity contribution in [2.45, 2.75) is 12.5 Å². The molecule has 0 bridgehead atoms. The van der Waals surface area contributed by atoms with Gasteiger partial charge in [-0.3, -0.25) is 0 Å². The standard InChI is InChI=1S/C13H17N3O2/c1-18-10-4-2-3-9-11(8-5-6-14-7-8)15-13(17)16-12(9)10/h2-4,8,11,14H,5-7H2,1H3,(H2,15,16,17). The summed E-state index contributed by atoms with van der Waals surface area (Å²) >= 11 is 0. The third kappa shape index (κ3) is 1.80. The molecule has 1 aromatic rings. The Morgan fingerprint density at radius 1 is 1.39 bits per heavy atom. The number of urea groups is 1. The minimum Gasteiger partial charge on any atom is -0.495 e. The lowest BCUT2D eigenvalue weighted by molar-refractivity contribution is 0.241. The van der Waals surface area contributed by atoms with Crippen LogP contribution in [0, 0.1) is 5.92 Å². The molecule has 1 saturated heterocycles. The topological polar surface area (TPSA) is 62.4 Å². The maximum absolute atomic E-state index is 11.8. The molecule has 2 amide bonds. The SMILES string of the molecule is COc1cccc2c1NC(=O)NC2C1CCNC1. The van der Waals surface area contributed by atoms with Crippen LogP contribution in [0.4, 0.5) is 10.5 Å². The van der Waals surface area contributed by atoms with E-state index in [4.69, 9.17) is 4.74 Å². The Kier molecular flexibility index (Phi) is 2.83. The largest absolute Gasteiger partial charge is 0.495 e. The molecule has 0 aromatic heterocycles. The summed E-state index contributed by atoms with van der Waals surface area (Å²) in [5, 5.41) is 9.20. The first kappa shape index (κ1) is 11.3. The van der Waals surface area contributed by atoms with Gasteiger partial charge in [-0.2, -0.15) is 0 Å². The van der Waals surface area contributed by atoms with Crippen LogP contribution < -0.4 is 20.7 Å². The molecule has 2 unspecified atom stereocenters. The van der Waals surface area contributed by atoms with Crippen molar-refractivity contribution in [2.24, 2.45) is 5.92 Å². The Hall–Kier alpha value is -1.75. The molecule has 2 heterocycles. The third-order valence-electron chi connectivity index (χ3n) is 3.71. The summed E-state index contributed by atoms with van der Waals surface area (Å²) < 4.78 is 5.31. The Bertz CT molecular complexity index is 469. The first-order valence-electron chi connectivity index (χ1n) is 6.24. The van der Waals surface area contributed by atoms with Crippen molar-refractivity contribution in [2.75, 3.05) is 25.5 Å². The maximum Gasteiger partial charge on any atom is 0.319 e. The van der Waals surface area contributed by atoms with E-state index in [9.17, 15) is 4.79 Å². The predicted molar refractivity (Wildman–Crippen MR) is 68.9 cm³/mol. The second-order valence-electron chi connectivity index (χ2n) is 4.75. The Balaban J connectivity index is 2.01. The summed E-state index contributed by atoms with van der Waals surface area (Å²) in [6, 6.07) is 5.80. The third-order valence-corrected chi connectivity index (χ3v) is 3.71. The summed E-state index contributed by atoms with van der Waals surface area (Å²) in [4.78, 5) is 11.8. The first-order chi connectivity index (χ1) is 8.79. The molecule has 96 valence electrons. The summed E-state index contributed by atoms with van der Waals surface area (Å²) in [6.45, 7) is 1.96. The average molecular weight is 247 g/mol. The fraction of sp³-hybridized carbons (Fsp3) is 0.462. The van der Waals surface area contributed by atoms with Gasteiger partial charge in [0.05, 0.1) is 18.8 Å². The Morgan fingerprint density at radius 2 is 2.28 bits per heavy atom. The fourth-order valence-corrected chi connectivity index (χ4v) is 2.81. The van der Waals surface area contributed by atoms with Crippen LogP contribution in [0.3, 0.4) is 0 Å². The number of carbonyl (C=O) groups is 1. The summed E-state index contributed by atoms with van der Waals surface area (Å²) in [5.74, 6) is 1.17. The van der Waals surface area contributed by atoms with Crippen LogP contribution in [0.5, 0.6) is 5.75 Å². The molecule has 0 radical (unpaired) electrons. The second-order valence-corrected chi connectivity index (χ2v) is 4.75. The molecule has 2 atom stereocenters. The number of nitrogens with one attached hydrogen (secondary N) is 3. The highest BCUT2D eigenvalue weighted by Crippen LogP contribution is 2.39. The molecule has 0 aliphatic carbocycles. The number of benzene rings is 1. The van der Waals surface area contributed by atoms with E-state index in [0.717, 1.165) is 36.5 Å². The maximum atomic E-state index is 11.8. The zero-order valence-electron chi connectivity index (χ0n) is 10.3. The van der Waals surface area contributed by atoms with Gasteiger partial charge in [-0.1, -0.05) is 12.1 Å². The van der Waals surface area contributed by atoms with Crippen LogP contribution >= 0.6 is 0 Å². The van der Waals surface area contributed by atoms with Crippen molar-refractivity contribution in [3.63, 3.8) is 0 Å². The van der Waals surface area contributed by atoms with E-state index in [1.54, 1.807) is 7.11 Å². The van der Waals surface area contributed by atoms with Crippen LogP contribution in [0.15, 0.2) is 18.2 Å². The zero-order chi connectivity index (χ0) is 12.5. The summed E-state index contributed by atoms with van der Waals surface area (Å²) in [6.07, 6.45) is 1.08. The number of hydrogen-bond acceptors (Lipinski definition) is 3. The number of hydrogen-bond donors (Lipinski definition) is 3. The van der Waals surface area contributed by atoms with Gasteiger partial charge in [-0.25, -0.2) is 4.79 Å². The number of para-hydroxylation sites is 1. The Morgan fingerprint density at radius 3 is 3.00 bits per heavy atom. The van der Waals surface area contributed by atoms with Gasteiger partial charge >= 0.3 is 6.03 Å². The lowest BCUT2D eigenvalue weighted by Gasteiger charge is -2.31. The zero-order valence-corrected chi connectivity index (χ0v) is 10.3. The number of rotatable bonds is 2. The van der Waals surface area contributed by atoms with Crippen LogP contribution in [0.2, 0.25) is 0 Å². The van der Waals surface area contributed by atoms with Crippen LogP contribution in [0.25, 0.3) is 0 Å². The van der Waals surface area contributed by atoms with E-state index in [0.29, 0.717) is 5.92 Å². The molecule has 0 saturated carbocycles. The highest BCUT2D eigenvalue weighted by molar-refractivity contribution is 5.95. The minimum atomic E-state index is -0.149. The molecule has 3 rings (SSSR count). The molecule has 1 aromatic carbocycles. The van der Waals surface area contributed by atoms with Crippen molar-refractivity contribution >= 4 is 11.7 Å². The molecule has 3 N–H and O–H groups in total. The van der Waals surface area contributed by atoms with Crippen molar-refractivity contribution < 1.29 is 9.53 Å². The Labute approximate surface area is 106 Å². The van der Waals surface area contributed by atoms with Gasteiger partial charge in [-0.05, 0) is 24.9 Å². The molecule has 5 nitrogen and oxygen atoms in total. The van der Waals surface area contributed by atoms with Crippen molar-refractivity contribution in [3.8, 4) is 5.75 Å². The minimum absolute atomic E-state index is 0.0684. The van der Waals surface area contributed by atoms with Gasteiger partial charge in [0.15, 0.2) is 0 Å². The fourth-order valence-electron chi connectivity index (χ4n) is 2.81. The number of fused-ring (bicyclic) bond motifs is 1. The molecule has 2 aliphatic rings. The van der Waals surface area contributed by atoms with E-state index >= 15 is 0 Å². The van der Waals surface area contributed by atoms with Gasteiger partial charge in [-0.15, -0.1) is 0 Å². The van der Waals surface area contributed by atoms with Gasteiger partial charge in [0, 0.05) is 12.1 Å². The van der Waals surface area contributed by atoms with Crippen molar-refractivity contribution in [1.29, 1.82) is 0 Å². The number of carbonyl (C=O) groups excluding carboxylic acids is 1. The number of ether oxygens (including phenoxy) is 1. The second kappa shape index (κ2) is 4.49. The molecule has 5 heteroatoms. The summed E-state index contributed by atoms with van der Waals surface area (Å²) in [7, 11) is 1.62. The molecular formula is C13H17N3O2. The normalized spacial score (nSPS) is 26.2. The van der Waals surface area contributed by atoms with Crippen LogP contribution in [-0.4, -0.2) is 26.2 Å². The van der Waals surface area contributed by atoms with Crippen LogP contribution in [0.1, 0.15) is 18.0 Å². The van der Waals surface area contributed by atoms with Gasteiger partial charge in [0.2, 0.25) is 0 Å². The number of anilines is 1. The molecule has 0 spiro atoms. The predicted octanol–water partition coefficient (Wildman–Crippen LogP) is 1.48. The lowest BCUT2D eigenvalue weighted by Crippen LogP contribution is -2.41. The molecule has 2 aliphatic heterocycles. The quantitative estimate of drug-likeness (QED) is 0.742. The number of amides is 2. The van der Waals surface area contributed by atoms with Crippen molar-refractivity contribution in [1.82, 2.24) is 10.6 Å². The van der Waals surface area contributed by atoms with Crippen molar-refractivity contribution in [3.05, 3.63) is 23.8 Å². The van der Waals surface area contributed by atoms with E-state index in [1.165, 1.54) is 0 Å². The molecule has 1 fully saturated rings. The highest BCUT2D eigenvalue weighted by atomic mass is 16.5. The van der Waals surface area contributed by atoms with Gasteiger partial charge < -0.3 is 20.7 Å². The highest BCUT2D eigenvalue weighted by Gasteiger charge is 2.33. The average Bonchev–Trinajstić information content (AvgIpc) is 2.90. The van der Waals surface area contributed by atoms with Crippen LogP contribution in [-0.2, 0) is 0 Å². The monoisotopic (exact) mass is 247 g/mol. The summed E-state index contributed by atoms with van der Waals surface area (Å²) in [5.41, 5.74) is 1.92. The van der Waals surface area contributed by atoms with E-state index in [1.807, 2.05) is 18.2 Å². The molecule has 18 heavy (non-hydrogen) atoms. The number of methoxy groups -OCH3 is 1. The van der Waals surface area contributed by atoms with E-state index in [-0.39, 0.29) is 12.1 Å². The smallest absolute Gasteiger partial charge is 0.319 e. The van der Waals surface area contributed by atoms with E-state index < -0.39 is 0 Å².